The van der Waals surface area contributed by atoms with Crippen molar-refractivity contribution in [3.8, 4) is 0 Å². The number of rotatable bonds is 22. The van der Waals surface area contributed by atoms with Gasteiger partial charge >= 0.3 is 5.97 Å². The Hall–Kier alpha value is -2.87. The number of methoxy groups -OCH3 is 5. The Morgan fingerprint density at radius 2 is 1.06 bits per heavy atom. The van der Waals surface area contributed by atoms with Crippen molar-refractivity contribution in [2.45, 2.75) is 321 Å². The highest BCUT2D eigenvalue weighted by atomic mass is 16.8. The fourth-order valence-electron chi connectivity index (χ4n) is 18.4. The van der Waals surface area contributed by atoms with E-state index in [4.69, 9.17) is 85.3 Å². The molecule has 6 saturated heterocycles. The maximum absolute atomic E-state index is 13.7. The zero-order valence-electron chi connectivity index (χ0n) is 59.2. The summed E-state index contributed by atoms with van der Waals surface area (Å²) in [7, 11) is 7.71. The lowest BCUT2D eigenvalue weighted by Gasteiger charge is -2.67. The second kappa shape index (κ2) is 31.3. The van der Waals surface area contributed by atoms with Crippen molar-refractivity contribution in [2.75, 3.05) is 42.2 Å². The van der Waals surface area contributed by atoms with E-state index in [2.05, 4.69) is 6.92 Å². The third kappa shape index (κ3) is 14.6. The fourth-order valence-corrected chi connectivity index (χ4v) is 18.4. The van der Waals surface area contributed by atoms with E-state index in [9.17, 15) is 50.8 Å². The van der Waals surface area contributed by atoms with Crippen molar-refractivity contribution in [3.63, 3.8) is 0 Å². The molecule has 1 aromatic rings. The number of carbonyl (C=O) groups excluding carboxylic acids is 1. The zero-order chi connectivity index (χ0) is 71.4. The minimum Gasteiger partial charge on any atom is -0.458 e. The number of carbonyl (C=O) groups is 1. The van der Waals surface area contributed by atoms with Crippen LogP contribution in [0.5, 0.6) is 0 Å². The number of ether oxygens (including phenoxy) is 18. The van der Waals surface area contributed by atoms with Crippen molar-refractivity contribution in [3.05, 3.63) is 53.6 Å². The molecule has 4 aliphatic carbocycles. The van der Waals surface area contributed by atoms with Crippen molar-refractivity contribution in [1.29, 1.82) is 0 Å². The highest BCUT2D eigenvalue weighted by molar-refractivity contribution is 5.87. The first-order valence-corrected chi connectivity index (χ1v) is 35.3. The topological polar surface area (TPSA) is 365 Å². The molecule has 0 aromatic heterocycles. The number of fused-ring (bicyclic) bond motifs is 5. The minimum atomic E-state index is -1.94. The normalized spacial score (nSPS) is 49.8. The summed E-state index contributed by atoms with van der Waals surface area (Å²) in [5.41, 5.74) is -5.98. The zero-order valence-corrected chi connectivity index (χ0v) is 59.2. The third-order valence-corrected chi connectivity index (χ3v) is 24.2. The van der Waals surface area contributed by atoms with Crippen molar-refractivity contribution < 1.29 is 136 Å². The van der Waals surface area contributed by atoms with Crippen molar-refractivity contribution in [1.82, 2.24) is 0 Å². The van der Waals surface area contributed by atoms with E-state index in [0.29, 0.717) is 32.1 Å². The maximum Gasteiger partial charge on any atom is 0.331 e. The minimum absolute atomic E-state index is 0.00682. The molecule has 10 aliphatic rings. The van der Waals surface area contributed by atoms with Crippen LogP contribution in [-0.2, 0) is 90.1 Å². The Morgan fingerprint density at radius 1 is 0.576 bits per heavy atom. The molecule has 35 atom stereocenters. The second-order valence-electron chi connectivity index (χ2n) is 29.6. The molecule has 562 valence electrons. The molecule has 0 bridgehead atoms. The Labute approximate surface area is 579 Å². The van der Waals surface area contributed by atoms with Gasteiger partial charge in [-0.1, -0.05) is 55.8 Å². The van der Waals surface area contributed by atoms with Gasteiger partial charge in [-0.2, -0.15) is 0 Å². The molecule has 1 aromatic carbocycles. The summed E-state index contributed by atoms with van der Waals surface area (Å²) in [5, 5.41) is 103. The van der Waals surface area contributed by atoms with Gasteiger partial charge in [0.2, 0.25) is 0 Å². The first kappa shape index (κ1) is 77.2. The van der Waals surface area contributed by atoms with Crippen LogP contribution in [0.1, 0.15) is 132 Å². The van der Waals surface area contributed by atoms with Gasteiger partial charge in [-0.25, -0.2) is 4.79 Å². The van der Waals surface area contributed by atoms with Gasteiger partial charge in [-0.05, 0) is 104 Å². The molecule has 9 fully saturated rings. The predicted molar refractivity (Wildman–Crippen MR) is 345 cm³/mol. The van der Waals surface area contributed by atoms with Gasteiger partial charge in [0.1, 0.15) is 90.1 Å². The van der Waals surface area contributed by atoms with Gasteiger partial charge in [0.25, 0.3) is 0 Å². The van der Waals surface area contributed by atoms with Crippen LogP contribution in [0.25, 0.3) is 6.08 Å². The second-order valence-corrected chi connectivity index (χ2v) is 29.6. The number of aliphatic hydroxyl groups excluding tert-OH is 6. The van der Waals surface area contributed by atoms with Gasteiger partial charge in [-0.15, -0.1) is 0 Å². The quantitative estimate of drug-likeness (QED) is 0.0457. The number of benzene rings is 1. The molecule has 6 aliphatic heterocycles. The Morgan fingerprint density at radius 3 is 1.56 bits per heavy atom. The molecule has 28 nitrogen and oxygen atoms in total. The van der Waals surface area contributed by atoms with E-state index >= 15 is 0 Å². The van der Waals surface area contributed by atoms with E-state index in [-0.39, 0.29) is 44.6 Å². The molecule has 0 radical (unpaired) electrons. The summed E-state index contributed by atoms with van der Waals surface area (Å²) in [6, 6.07) is 9.31. The Bertz CT molecular complexity index is 2870. The average molecular weight is 1410 g/mol. The van der Waals surface area contributed by atoms with Crippen LogP contribution in [0.15, 0.2) is 48.1 Å². The first-order valence-electron chi connectivity index (χ1n) is 35.3. The van der Waals surface area contributed by atoms with E-state index < -0.39 is 218 Å². The van der Waals surface area contributed by atoms with E-state index in [1.807, 2.05) is 57.2 Å². The van der Waals surface area contributed by atoms with Gasteiger partial charge < -0.3 is 131 Å². The lowest BCUT2D eigenvalue weighted by molar-refractivity contribution is -0.372. The SMILES string of the molecule is CO[C@H]1[C@@H](O)[C@H](O[C@@H]2[C@@H](C)O[C@@H](O[C@H]3[C@@H](OC)C[C@H](O[C@H]4[C@@H](OC)C[C@H](O[C@H]5CC[C@@]6(C)C(=CC[C@]7(O)[C@@H]6C[C@@H](OC(=O)/C=C/c6ccccc6)[C@@]6(C)[C@@]7(O)CC[C@@]6(O)[C@H](C)O)C5)O[C@@H]4C)O[C@@H]3C)C[C@H]2OC)O[C@H](C)[C@H]1O[C@H]1C[C@H](OC)[C@H](O[C@@H]2O[C@H](CO)[C@@H](O)[C@H](O)[C@H]2O)[C@@H](C)O1. The molecule has 99 heavy (non-hydrogen) atoms. The van der Waals surface area contributed by atoms with Crippen LogP contribution in [0.3, 0.4) is 0 Å². The molecular weight excluding hydrogens is 1300 g/mol. The summed E-state index contributed by atoms with van der Waals surface area (Å²) in [6.07, 6.45) is -17.7. The lowest BCUT2D eigenvalue weighted by atomic mass is 9.42. The standard InChI is InChI=1S/C71H110O28/c1-34-59(43(82-9)28-51(87-34)92-42-22-23-67(7)41(27-42)21-24-70(80)48(67)32-49(94-50(74)20-19-40-17-15-14-16-18-40)68(8)69(79,39(6)73)25-26-71(68,70)81)95-52-29-44(83-10)60(35(2)88-52)96-53-30-45(84-11)62(37(4)89-53)99-66-58(78)64(86-13)63(38(5)91-66)97-54-31-46(85-12)61(36(3)90-54)98-65-57(77)56(76)55(75)47(33-72)93-65/h14-21,34-39,42-49,51-66,72-73,75-81H,22-33H2,1-13H3/b20-19+/t34-,35-,36-,37-,38-,39+,42+,43+,44+,45-,46+,47-,48-,49-,51+,52+,53+,54+,55-,56+,57-,58-,59-,60-,61-,62-,63-,64+,65+,66+,67+,68-,69-,70+,71+/m1/s1. The first-order chi connectivity index (χ1) is 47.0. The smallest absolute Gasteiger partial charge is 0.331 e. The van der Waals surface area contributed by atoms with E-state index in [1.165, 1.54) is 27.2 Å². The largest absolute Gasteiger partial charge is 0.458 e. The lowest BCUT2D eigenvalue weighted by Crippen LogP contribution is -2.78. The highest BCUT2D eigenvalue weighted by Crippen LogP contribution is 2.71. The number of aliphatic hydroxyl groups is 9. The van der Waals surface area contributed by atoms with E-state index in [1.54, 1.807) is 48.2 Å². The summed E-state index contributed by atoms with van der Waals surface area (Å²) in [5.74, 6) is -1.24. The number of esters is 1. The summed E-state index contributed by atoms with van der Waals surface area (Å²) in [4.78, 5) is 13.7. The summed E-state index contributed by atoms with van der Waals surface area (Å²) < 4.78 is 113. The molecule has 6 heterocycles. The van der Waals surface area contributed by atoms with Crippen LogP contribution >= 0.6 is 0 Å². The highest BCUT2D eigenvalue weighted by Gasteiger charge is 2.81. The molecule has 0 spiro atoms. The molecule has 11 rings (SSSR count). The Balaban J connectivity index is 0.660. The van der Waals surface area contributed by atoms with E-state index in [0.717, 1.165) is 11.1 Å². The van der Waals surface area contributed by atoms with Gasteiger partial charge in [-0.3, -0.25) is 0 Å². The molecule has 9 N–H and O–H groups in total. The maximum atomic E-state index is 13.7. The molecule has 0 amide bonds. The fraction of sp³-hybridized carbons (Fsp3) is 0.845. The molecule has 0 unspecified atom stereocenters. The number of hydrogen-bond donors (Lipinski definition) is 9. The van der Waals surface area contributed by atoms with Crippen LogP contribution in [-0.4, -0.2) is 289 Å². The summed E-state index contributed by atoms with van der Waals surface area (Å²) in [6.45, 7) is 13.7. The van der Waals surface area contributed by atoms with Crippen LogP contribution < -0.4 is 0 Å². The van der Waals surface area contributed by atoms with Crippen LogP contribution in [0.2, 0.25) is 0 Å². The molecule has 28 heteroatoms. The van der Waals surface area contributed by atoms with Gasteiger partial charge in [0.05, 0.1) is 79.2 Å². The summed E-state index contributed by atoms with van der Waals surface area (Å²) >= 11 is 0. The Kier molecular flexibility index (Phi) is 24.4. The monoisotopic (exact) mass is 1410 g/mol. The van der Waals surface area contributed by atoms with Gasteiger partial charge in [0, 0.05) is 73.2 Å². The van der Waals surface area contributed by atoms with Crippen LogP contribution in [0, 0.1) is 16.7 Å². The molecule has 3 saturated carbocycles. The van der Waals surface area contributed by atoms with Crippen LogP contribution in [0.4, 0.5) is 0 Å². The predicted octanol–water partition coefficient (Wildman–Crippen LogP) is 2.36. The average Bonchev–Trinajstić information content (AvgIpc) is 1.58. The van der Waals surface area contributed by atoms with Gasteiger partial charge in [0.15, 0.2) is 37.7 Å². The number of hydrogen-bond acceptors (Lipinski definition) is 28. The molecular formula is C71H110O28. The van der Waals surface area contributed by atoms with Crippen molar-refractivity contribution in [2.24, 2.45) is 16.7 Å². The van der Waals surface area contributed by atoms with Crippen molar-refractivity contribution >= 4 is 12.0 Å². The third-order valence-electron chi connectivity index (χ3n) is 24.2.